The molecule has 0 aromatic heterocycles. The van der Waals surface area contributed by atoms with Gasteiger partial charge < -0.3 is 4.74 Å². The number of rotatable bonds is 4. The van der Waals surface area contributed by atoms with E-state index < -0.39 is 0 Å². The second kappa shape index (κ2) is 7.06. The highest BCUT2D eigenvalue weighted by Gasteiger charge is 1.80. The minimum atomic E-state index is -0.275. The fourth-order valence-electron chi connectivity index (χ4n) is 0.498. The third-order valence-corrected chi connectivity index (χ3v) is 0.923. The van der Waals surface area contributed by atoms with Gasteiger partial charge in [-0.05, 0) is 32.1 Å². The van der Waals surface area contributed by atoms with Crippen LogP contribution in [0.15, 0.2) is 36.4 Å². The third-order valence-electron chi connectivity index (χ3n) is 0.923. The summed E-state index contributed by atoms with van der Waals surface area (Å²) >= 11 is 0. The van der Waals surface area contributed by atoms with Crippen molar-refractivity contribution in [3.63, 3.8) is 0 Å². The SMILES string of the molecule is C\C=C/C(F)=C\C=C\OCC. The van der Waals surface area contributed by atoms with Crippen molar-refractivity contribution >= 4 is 0 Å². The Bertz CT molecular complexity index is 168. The largest absolute Gasteiger partial charge is 0.501 e. The molecule has 0 unspecified atom stereocenters. The highest BCUT2D eigenvalue weighted by Crippen LogP contribution is 1.97. The van der Waals surface area contributed by atoms with Gasteiger partial charge in [-0.3, -0.25) is 0 Å². The van der Waals surface area contributed by atoms with Gasteiger partial charge in [0.15, 0.2) is 0 Å². The Morgan fingerprint density at radius 2 is 2.27 bits per heavy atom. The molecule has 0 fully saturated rings. The van der Waals surface area contributed by atoms with E-state index in [1.165, 1.54) is 24.5 Å². The summed E-state index contributed by atoms with van der Waals surface area (Å²) in [6.07, 6.45) is 7.36. The second-order valence-corrected chi connectivity index (χ2v) is 1.84. The molecule has 0 radical (unpaired) electrons. The van der Waals surface area contributed by atoms with Crippen LogP contribution in [-0.2, 0) is 4.74 Å². The first-order chi connectivity index (χ1) is 5.31. The molecule has 0 bridgehead atoms. The van der Waals surface area contributed by atoms with E-state index in [0.29, 0.717) is 6.61 Å². The molecular formula is C9H13FO. The molecule has 2 heteroatoms. The van der Waals surface area contributed by atoms with Crippen molar-refractivity contribution in [1.29, 1.82) is 0 Å². The monoisotopic (exact) mass is 156 g/mol. The van der Waals surface area contributed by atoms with Gasteiger partial charge in [0, 0.05) is 0 Å². The molecule has 0 aliphatic rings. The van der Waals surface area contributed by atoms with E-state index in [1.807, 2.05) is 6.92 Å². The smallest absolute Gasteiger partial charge is 0.122 e. The van der Waals surface area contributed by atoms with Gasteiger partial charge in [-0.1, -0.05) is 6.08 Å². The highest BCUT2D eigenvalue weighted by molar-refractivity contribution is 5.16. The van der Waals surface area contributed by atoms with E-state index in [-0.39, 0.29) is 5.83 Å². The summed E-state index contributed by atoms with van der Waals surface area (Å²) < 4.78 is 17.3. The van der Waals surface area contributed by atoms with Gasteiger partial charge in [-0.25, -0.2) is 4.39 Å². The molecular weight excluding hydrogens is 143 g/mol. The summed E-state index contributed by atoms with van der Waals surface area (Å²) in [6.45, 7) is 4.24. The van der Waals surface area contributed by atoms with E-state index >= 15 is 0 Å². The average Bonchev–Trinajstić information content (AvgIpc) is 1.99. The summed E-state index contributed by atoms with van der Waals surface area (Å²) in [5, 5.41) is 0. The lowest BCUT2D eigenvalue weighted by Gasteiger charge is -1.88. The lowest BCUT2D eigenvalue weighted by atomic mass is 10.4. The lowest BCUT2D eigenvalue weighted by Crippen LogP contribution is -1.74. The van der Waals surface area contributed by atoms with Crippen molar-refractivity contribution in [3.8, 4) is 0 Å². The molecule has 0 rings (SSSR count). The minimum absolute atomic E-state index is 0.275. The van der Waals surface area contributed by atoms with Crippen LogP contribution in [0, 0.1) is 0 Å². The molecule has 0 amide bonds. The fourth-order valence-corrected chi connectivity index (χ4v) is 0.498. The van der Waals surface area contributed by atoms with Gasteiger partial charge in [0.05, 0.1) is 12.9 Å². The maximum Gasteiger partial charge on any atom is 0.122 e. The van der Waals surface area contributed by atoms with E-state index in [9.17, 15) is 4.39 Å². The zero-order chi connectivity index (χ0) is 8.53. The molecule has 0 saturated heterocycles. The number of allylic oxidation sites excluding steroid dienone is 5. The van der Waals surface area contributed by atoms with Crippen LogP contribution in [0.2, 0.25) is 0 Å². The molecule has 0 heterocycles. The molecule has 0 spiro atoms. The number of ether oxygens (including phenoxy) is 1. The van der Waals surface area contributed by atoms with Crippen LogP contribution in [-0.4, -0.2) is 6.61 Å². The maximum atomic E-state index is 12.5. The zero-order valence-corrected chi connectivity index (χ0v) is 6.88. The normalized spacial score (nSPS) is 13.2. The van der Waals surface area contributed by atoms with Crippen LogP contribution in [0.25, 0.3) is 0 Å². The van der Waals surface area contributed by atoms with Crippen molar-refractivity contribution in [2.24, 2.45) is 0 Å². The minimum Gasteiger partial charge on any atom is -0.501 e. The van der Waals surface area contributed by atoms with Gasteiger partial charge in [-0.2, -0.15) is 0 Å². The first kappa shape index (κ1) is 9.95. The molecule has 0 aromatic rings. The molecule has 0 saturated carbocycles. The zero-order valence-electron chi connectivity index (χ0n) is 6.88. The summed E-state index contributed by atoms with van der Waals surface area (Å²) in [5.41, 5.74) is 0. The van der Waals surface area contributed by atoms with Gasteiger partial charge in [0.1, 0.15) is 5.83 Å². The predicted molar refractivity (Wildman–Crippen MR) is 44.8 cm³/mol. The van der Waals surface area contributed by atoms with Crippen molar-refractivity contribution < 1.29 is 9.13 Å². The molecule has 1 nitrogen and oxygen atoms in total. The predicted octanol–water partition coefficient (Wildman–Crippen LogP) is 2.97. The molecule has 62 valence electrons. The number of hydrogen-bond donors (Lipinski definition) is 0. The fraction of sp³-hybridized carbons (Fsp3) is 0.333. The van der Waals surface area contributed by atoms with Crippen LogP contribution >= 0.6 is 0 Å². The Hall–Kier alpha value is -1.05. The first-order valence-corrected chi connectivity index (χ1v) is 3.58. The van der Waals surface area contributed by atoms with Crippen molar-refractivity contribution in [2.45, 2.75) is 13.8 Å². The van der Waals surface area contributed by atoms with Gasteiger partial charge in [0.2, 0.25) is 0 Å². The summed E-state index contributed by atoms with van der Waals surface area (Å²) in [4.78, 5) is 0. The van der Waals surface area contributed by atoms with E-state index in [0.717, 1.165) is 0 Å². The highest BCUT2D eigenvalue weighted by atomic mass is 19.1. The molecule has 0 aliphatic carbocycles. The van der Waals surface area contributed by atoms with Gasteiger partial charge in [0.25, 0.3) is 0 Å². The standard InChI is InChI=1S/C9H13FO/c1-3-6-9(10)7-5-8-11-4-2/h3,5-8H,4H2,1-2H3/b6-3-,8-5+,9-7+. The Balaban J connectivity index is 3.71. The van der Waals surface area contributed by atoms with Crippen LogP contribution in [0.1, 0.15) is 13.8 Å². The number of halogens is 1. The molecule has 0 atom stereocenters. The van der Waals surface area contributed by atoms with Crippen LogP contribution in [0.5, 0.6) is 0 Å². The summed E-state index contributed by atoms with van der Waals surface area (Å²) in [7, 11) is 0. The number of hydrogen-bond acceptors (Lipinski definition) is 1. The third kappa shape index (κ3) is 6.84. The van der Waals surface area contributed by atoms with E-state index in [4.69, 9.17) is 4.74 Å². The van der Waals surface area contributed by atoms with Crippen molar-refractivity contribution in [2.75, 3.05) is 6.61 Å². The summed E-state index contributed by atoms with van der Waals surface area (Å²) in [6, 6.07) is 0. The second-order valence-electron chi connectivity index (χ2n) is 1.84. The van der Waals surface area contributed by atoms with Crippen LogP contribution in [0.3, 0.4) is 0 Å². The Kier molecular flexibility index (Phi) is 6.39. The Morgan fingerprint density at radius 1 is 1.55 bits per heavy atom. The van der Waals surface area contributed by atoms with E-state index in [2.05, 4.69) is 0 Å². The van der Waals surface area contributed by atoms with Crippen molar-refractivity contribution in [3.05, 3.63) is 36.4 Å². The Morgan fingerprint density at radius 3 is 2.82 bits per heavy atom. The quantitative estimate of drug-likeness (QED) is 0.449. The molecule has 11 heavy (non-hydrogen) atoms. The summed E-state index contributed by atoms with van der Waals surface area (Å²) in [5.74, 6) is -0.275. The first-order valence-electron chi connectivity index (χ1n) is 3.58. The van der Waals surface area contributed by atoms with Gasteiger partial charge >= 0.3 is 0 Å². The van der Waals surface area contributed by atoms with Crippen LogP contribution in [0.4, 0.5) is 4.39 Å². The molecule has 0 aliphatic heterocycles. The molecule has 0 aromatic carbocycles. The maximum absolute atomic E-state index is 12.5. The molecule has 0 N–H and O–H groups in total. The van der Waals surface area contributed by atoms with Crippen molar-refractivity contribution in [1.82, 2.24) is 0 Å². The average molecular weight is 156 g/mol. The topological polar surface area (TPSA) is 9.23 Å². The van der Waals surface area contributed by atoms with Gasteiger partial charge in [-0.15, -0.1) is 0 Å². The Labute approximate surface area is 66.9 Å². The van der Waals surface area contributed by atoms with E-state index in [1.54, 1.807) is 13.0 Å². The lowest BCUT2D eigenvalue weighted by molar-refractivity contribution is 0.269. The van der Waals surface area contributed by atoms with Crippen LogP contribution < -0.4 is 0 Å².